The van der Waals surface area contributed by atoms with E-state index in [-0.39, 0.29) is 6.09 Å². The van der Waals surface area contributed by atoms with Gasteiger partial charge in [0.25, 0.3) is 0 Å². The summed E-state index contributed by atoms with van der Waals surface area (Å²) in [6.07, 6.45) is 5.24. The van der Waals surface area contributed by atoms with Gasteiger partial charge < -0.3 is 29.9 Å². The molecule has 2 aliphatic heterocycles. The zero-order valence-corrected chi connectivity index (χ0v) is 20.4. The molecule has 180 valence electrons. The lowest BCUT2D eigenvalue weighted by Crippen LogP contribution is -2.49. The van der Waals surface area contributed by atoms with E-state index in [1.54, 1.807) is 7.11 Å². The largest absolute Gasteiger partial charge is 0.444 e. The van der Waals surface area contributed by atoms with Crippen molar-refractivity contribution in [1.82, 2.24) is 20.4 Å². The number of likely N-dealkylation sites (tertiary alicyclic amines) is 2. The summed E-state index contributed by atoms with van der Waals surface area (Å²) in [5.74, 6) is 1.40. The molecule has 2 rings (SSSR count). The van der Waals surface area contributed by atoms with Crippen LogP contribution < -0.4 is 10.6 Å². The number of aliphatic imine (C=N–C) groups is 1. The fourth-order valence-corrected chi connectivity index (χ4v) is 4.19. The monoisotopic (exact) mass is 439 g/mol. The van der Waals surface area contributed by atoms with E-state index in [0.29, 0.717) is 12.0 Å². The van der Waals surface area contributed by atoms with Crippen molar-refractivity contribution >= 4 is 12.1 Å². The summed E-state index contributed by atoms with van der Waals surface area (Å²) >= 11 is 0. The van der Waals surface area contributed by atoms with Gasteiger partial charge in [0.2, 0.25) is 0 Å². The van der Waals surface area contributed by atoms with Crippen LogP contribution in [-0.4, -0.2) is 93.0 Å². The number of hydrogen-bond donors (Lipinski definition) is 2. The number of rotatable bonds is 8. The first-order valence-electron chi connectivity index (χ1n) is 12.0. The predicted molar refractivity (Wildman–Crippen MR) is 126 cm³/mol. The minimum atomic E-state index is -0.444. The third-order valence-electron chi connectivity index (χ3n) is 5.86. The van der Waals surface area contributed by atoms with E-state index < -0.39 is 5.60 Å². The molecular weight excluding hydrogens is 394 g/mol. The Labute approximate surface area is 189 Å². The Morgan fingerprint density at radius 1 is 1.16 bits per heavy atom. The van der Waals surface area contributed by atoms with Gasteiger partial charge in [-0.15, -0.1) is 0 Å². The molecule has 0 aromatic rings. The molecule has 8 nitrogen and oxygen atoms in total. The van der Waals surface area contributed by atoms with Gasteiger partial charge in [0.1, 0.15) is 5.60 Å². The zero-order valence-electron chi connectivity index (χ0n) is 20.4. The van der Waals surface area contributed by atoms with E-state index in [9.17, 15) is 4.79 Å². The number of amides is 1. The molecule has 0 bridgehead atoms. The second-order valence-electron chi connectivity index (χ2n) is 9.74. The van der Waals surface area contributed by atoms with Crippen LogP contribution in [-0.2, 0) is 9.47 Å². The third-order valence-corrected chi connectivity index (χ3v) is 5.86. The zero-order chi connectivity index (χ0) is 22.7. The summed E-state index contributed by atoms with van der Waals surface area (Å²) in [6.45, 7) is 15.1. The second kappa shape index (κ2) is 13.1. The van der Waals surface area contributed by atoms with E-state index in [1.807, 2.05) is 25.7 Å². The van der Waals surface area contributed by atoms with Crippen LogP contribution in [0.15, 0.2) is 4.99 Å². The predicted octanol–water partition coefficient (Wildman–Crippen LogP) is 2.69. The Hall–Kier alpha value is -1.54. The smallest absolute Gasteiger partial charge is 0.410 e. The molecule has 0 aliphatic carbocycles. The fraction of sp³-hybridized carbons (Fsp3) is 0.913. The molecule has 1 unspecified atom stereocenters. The number of ether oxygens (including phenoxy) is 2. The highest BCUT2D eigenvalue weighted by Gasteiger charge is 2.27. The Kier molecular flexibility index (Phi) is 10.9. The topological polar surface area (TPSA) is 78.4 Å². The van der Waals surface area contributed by atoms with E-state index in [2.05, 4.69) is 22.5 Å². The molecular formula is C23H45N5O3. The lowest BCUT2D eigenvalue weighted by molar-refractivity contribution is 0.0163. The Morgan fingerprint density at radius 3 is 2.55 bits per heavy atom. The van der Waals surface area contributed by atoms with Crippen molar-refractivity contribution in [2.24, 2.45) is 10.9 Å². The molecule has 2 heterocycles. The summed E-state index contributed by atoms with van der Waals surface area (Å²) in [7, 11) is 1.76. The number of carbonyl (C=O) groups is 1. The van der Waals surface area contributed by atoms with E-state index in [4.69, 9.17) is 14.5 Å². The summed E-state index contributed by atoms with van der Waals surface area (Å²) in [5.41, 5.74) is -0.444. The average molecular weight is 440 g/mol. The van der Waals surface area contributed by atoms with Gasteiger partial charge in [0.05, 0.1) is 6.61 Å². The quantitative estimate of drug-likeness (QED) is 0.447. The number of hydrogen-bond acceptors (Lipinski definition) is 5. The van der Waals surface area contributed by atoms with Crippen LogP contribution >= 0.6 is 0 Å². The first-order valence-corrected chi connectivity index (χ1v) is 12.0. The molecule has 8 heteroatoms. The first kappa shape index (κ1) is 25.7. The Morgan fingerprint density at radius 2 is 1.90 bits per heavy atom. The highest BCUT2D eigenvalue weighted by molar-refractivity contribution is 5.80. The van der Waals surface area contributed by atoms with Crippen LogP contribution in [0.2, 0.25) is 0 Å². The van der Waals surface area contributed by atoms with E-state index >= 15 is 0 Å². The summed E-state index contributed by atoms with van der Waals surface area (Å²) < 4.78 is 10.7. The number of carbonyl (C=O) groups excluding carboxylic acids is 1. The number of nitrogens with one attached hydrogen (secondary N) is 2. The molecule has 0 aromatic heterocycles. The van der Waals surface area contributed by atoms with Crippen molar-refractivity contribution in [3.63, 3.8) is 0 Å². The second-order valence-corrected chi connectivity index (χ2v) is 9.74. The number of nitrogens with zero attached hydrogens (tertiary/aromatic N) is 3. The average Bonchev–Trinajstić information content (AvgIpc) is 2.72. The molecule has 1 amide bonds. The van der Waals surface area contributed by atoms with Crippen LogP contribution in [0.5, 0.6) is 0 Å². The van der Waals surface area contributed by atoms with Crippen LogP contribution in [0.1, 0.15) is 59.8 Å². The van der Waals surface area contributed by atoms with Crippen molar-refractivity contribution in [3.05, 3.63) is 0 Å². The molecule has 0 saturated carbocycles. The van der Waals surface area contributed by atoms with Gasteiger partial charge in [-0.05, 0) is 65.7 Å². The first-order chi connectivity index (χ1) is 14.8. The summed E-state index contributed by atoms with van der Waals surface area (Å²) in [5, 5.41) is 7.01. The van der Waals surface area contributed by atoms with Gasteiger partial charge in [0, 0.05) is 59.0 Å². The molecule has 0 radical (unpaired) electrons. The minimum absolute atomic E-state index is 0.187. The lowest BCUT2D eigenvalue weighted by atomic mass is 9.95. The van der Waals surface area contributed by atoms with Crippen molar-refractivity contribution in [2.45, 2.75) is 71.4 Å². The molecule has 2 aliphatic rings. The molecule has 0 spiro atoms. The maximum atomic E-state index is 12.4. The van der Waals surface area contributed by atoms with Crippen LogP contribution in [0.25, 0.3) is 0 Å². The Balaban J connectivity index is 1.76. The third kappa shape index (κ3) is 10.1. The van der Waals surface area contributed by atoms with Crippen LogP contribution in [0.3, 0.4) is 0 Å². The van der Waals surface area contributed by atoms with Crippen molar-refractivity contribution < 1.29 is 14.3 Å². The summed E-state index contributed by atoms with van der Waals surface area (Å²) in [6, 6.07) is 0.467. The number of piperidine rings is 2. The van der Waals surface area contributed by atoms with Gasteiger partial charge in [-0.2, -0.15) is 0 Å². The van der Waals surface area contributed by atoms with Crippen LogP contribution in [0.4, 0.5) is 4.79 Å². The molecule has 2 N–H and O–H groups in total. The van der Waals surface area contributed by atoms with Gasteiger partial charge in [-0.1, -0.05) is 0 Å². The normalized spacial score (nSPS) is 21.8. The van der Waals surface area contributed by atoms with Gasteiger partial charge in [0.15, 0.2) is 5.96 Å². The Bertz CT molecular complexity index is 556. The molecule has 31 heavy (non-hydrogen) atoms. The highest BCUT2D eigenvalue weighted by atomic mass is 16.6. The number of methoxy groups -OCH3 is 1. The van der Waals surface area contributed by atoms with Crippen LogP contribution in [0, 0.1) is 5.92 Å². The van der Waals surface area contributed by atoms with E-state index in [1.165, 1.54) is 0 Å². The lowest BCUT2D eigenvalue weighted by Gasteiger charge is -2.34. The summed E-state index contributed by atoms with van der Waals surface area (Å²) in [4.78, 5) is 21.5. The molecule has 1 atom stereocenters. The van der Waals surface area contributed by atoms with Gasteiger partial charge in [-0.25, -0.2) is 4.79 Å². The van der Waals surface area contributed by atoms with Gasteiger partial charge >= 0.3 is 6.09 Å². The van der Waals surface area contributed by atoms with Crippen molar-refractivity contribution in [3.8, 4) is 0 Å². The van der Waals surface area contributed by atoms with Crippen molar-refractivity contribution in [1.29, 1.82) is 0 Å². The molecule has 2 fully saturated rings. The number of guanidine groups is 1. The van der Waals surface area contributed by atoms with E-state index in [0.717, 1.165) is 90.5 Å². The molecule has 0 aromatic carbocycles. The highest BCUT2D eigenvalue weighted by Crippen LogP contribution is 2.21. The SMILES string of the molecule is CCNC(=NCCC1CCCN(C(=O)OC(C)(C)C)C1)NC1CCN(CCOC)CC1. The maximum Gasteiger partial charge on any atom is 0.410 e. The maximum absolute atomic E-state index is 12.4. The standard InChI is InChI=1S/C23H45N5O3/c1-6-24-21(26-20-10-14-27(15-11-20)16-17-30-5)25-12-9-19-8-7-13-28(18-19)22(29)31-23(2,3)4/h19-20H,6-18H2,1-5H3,(H2,24,25,26). The fourth-order valence-electron chi connectivity index (χ4n) is 4.19. The molecule has 2 saturated heterocycles. The van der Waals surface area contributed by atoms with Crippen molar-refractivity contribution in [2.75, 3.05) is 59.5 Å². The van der Waals surface area contributed by atoms with Gasteiger partial charge in [-0.3, -0.25) is 4.99 Å². The minimum Gasteiger partial charge on any atom is -0.444 e.